The second-order valence-corrected chi connectivity index (χ2v) is 6.93. The molecule has 1 aromatic carbocycles. The summed E-state index contributed by atoms with van der Waals surface area (Å²) in [4.78, 5) is 2.60. The van der Waals surface area contributed by atoms with Crippen LogP contribution in [0.1, 0.15) is 26.3 Å². The van der Waals surface area contributed by atoms with Crippen LogP contribution in [-0.2, 0) is 6.54 Å². The summed E-state index contributed by atoms with van der Waals surface area (Å²) in [5.74, 6) is 1.79. The van der Waals surface area contributed by atoms with Gasteiger partial charge in [-0.1, -0.05) is 30.3 Å². The molecule has 1 heterocycles. The first kappa shape index (κ1) is 12.2. The summed E-state index contributed by atoms with van der Waals surface area (Å²) in [7, 11) is 0. The molecule has 1 saturated heterocycles. The molecular formula is C16H24N2. The number of hydrogen-bond acceptors (Lipinski definition) is 2. The highest BCUT2D eigenvalue weighted by atomic mass is 15.2. The molecular weight excluding hydrogens is 220 g/mol. The van der Waals surface area contributed by atoms with Gasteiger partial charge in [-0.2, -0.15) is 0 Å². The Bertz CT molecular complexity index is 395. The molecule has 0 amide bonds. The Labute approximate surface area is 110 Å². The third-order valence-corrected chi connectivity index (χ3v) is 4.12. The van der Waals surface area contributed by atoms with Crippen molar-refractivity contribution in [1.29, 1.82) is 0 Å². The van der Waals surface area contributed by atoms with E-state index in [0.29, 0.717) is 0 Å². The molecule has 0 aromatic heterocycles. The van der Waals surface area contributed by atoms with Gasteiger partial charge in [-0.3, -0.25) is 4.90 Å². The molecule has 2 nitrogen and oxygen atoms in total. The number of fused-ring (bicyclic) bond motifs is 1. The van der Waals surface area contributed by atoms with E-state index in [9.17, 15) is 0 Å². The van der Waals surface area contributed by atoms with Crippen molar-refractivity contribution in [2.75, 3.05) is 13.1 Å². The Hall–Kier alpha value is -0.860. The van der Waals surface area contributed by atoms with Crippen LogP contribution in [0.4, 0.5) is 0 Å². The Kier molecular flexibility index (Phi) is 2.95. The van der Waals surface area contributed by atoms with E-state index in [1.807, 2.05) is 0 Å². The van der Waals surface area contributed by atoms with E-state index < -0.39 is 0 Å². The first-order chi connectivity index (χ1) is 8.53. The number of hydrogen-bond donors (Lipinski definition) is 1. The van der Waals surface area contributed by atoms with E-state index in [4.69, 9.17) is 0 Å². The summed E-state index contributed by atoms with van der Waals surface area (Å²) in [6, 6.07) is 11.6. The van der Waals surface area contributed by atoms with Crippen LogP contribution >= 0.6 is 0 Å². The molecule has 1 N–H and O–H groups in total. The Morgan fingerprint density at radius 3 is 2.28 bits per heavy atom. The Morgan fingerprint density at radius 1 is 1.11 bits per heavy atom. The largest absolute Gasteiger partial charge is 0.309 e. The molecule has 1 aliphatic carbocycles. The predicted octanol–water partition coefficient (Wildman–Crippen LogP) is 2.50. The lowest BCUT2D eigenvalue weighted by atomic mass is 10.1. The maximum atomic E-state index is 3.75. The SMILES string of the molecule is CC(C)(C)N[C@H]1[C@@H]2CN(Cc3ccccc3)C[C@@H]21. The van der Waals surface area contributed by atoms with Crippen molar-refractivity contribution in [3.05, 3.63) is 35.9 Å². The maximum absolute atomic E-state index is 3.75. The van der Waals surface area contributed by atoms with Gasteiger partial charge >= 0.3 is 0 Å². The van der Waals surface area contributed by atoms with Crippen molar-refractivity contribution in [1.82, 2.24) is 10.2 Å². The Balaban J connectivity index is 1.49. The third kappa shape index (κ3) is 2.60. The quantitative estimate of drug-likeness (QED) is 0.879. The number of nitrogens with one attached hydrogen (secondary N) is 1. The first-order valence-electron chi connectivity index (χ1n) is 7.07. The molecule has 2 fully saturated rings. The minimum atomic E-state index is 0.263. The fourth-order valence-corrected chi connectivity index (χ4v) is 3.30. The number of rotatable bonds is 3. The van der Waals surface area contributed by atoms with Crippen molar-refractivity contribution < 1.29 is 0 Å². The molecule has 18 heavy (non-hydrogen) atoms. The van der Waals surface area contributed by atoms with Crippen molar-refractivity contribution in [3.8, 4) is 0 Å². The highest BCUT2D eigenvalue weighted by molar-refractivity contribution is 5.17. The molecule has 0 radical (unpaired) electrons. The highest BCUT2D eigenvalue weighted by Crippen LogP contribution is 2.46. The third-order valence-electron chi connectivity index (χ3n) is 4.12. The van der Waals surface area contributed by atoms with Crippen LogP contribution in [0, 0.1) is 11.8 Å². The minimum absolute atomic E-state index is 0.263. The van der Waals surface area contributed by atoms with Gasteiger partial charge in [0, 0.05) is 31.2 Å². The molecule has 2 aliphatic rings. The molecule has 0 bridgehead atoms. The zero-order valence-electron chi connectivity index (χ0n) is 11.7. The molecule has 0 unspecified atom stereocenters. The van der Waals surface area contributed by atoms with Crippen LogP contribution < -0.4 is 5.32 Å². The lowest BCUT2D eigenvalue weighted by molar-refractivity contribution is 0.268. The molecule has 2 heteroatoms. The fraction of sp³-hybridized carbons (Fsp3) is 0.625. The summed E-state index contributed by atoms with van der Waals surface area (Å²) in [6.45, 7) is 10.5. The number of piperidine rings is 1. The zero-order valence-corrected chi connectivity index (χ0v) is 11.7. The molecule has 98 valence electrons. The van der Waals surface area contributed by atoms with Gasteiger partial charge in [-0.15, -0.1) is 0 Å². The molecule has 0 spiro atoms. The van der Waals surface area contributed by atoms with E-state index in [0.717, 1.165) is 24.4 Å². The van der Waals surface area contributed by atoms with E-state index in [1.54, 1.807) is 0 Å². The normalized spacial score (nSPS) is 31.4. The molecule has 1 aromatic rings. The summed E-state index contributed by atoms with van der Waals surface area (Å²) >= 11 is 0. The van der Waals surface area contributed by atoms with Gasteiger partial charge in [0.2, 0.25) is 0 Å². The van der Waals surface area contributed by atoms with Gasteiger partial charge in [-0.05, 0) is 38.2 Å². The average Bonchev–Trinajstić information content (AvgIpc) is 2.73. The smallest absolute Gasteiger partial charge is 0.0233 e. The maximum Gasteiger partial charge on any atom is 0.0233 e. The van der Waals surface area contributed by atoms with Gasteiger partial charge in [0.15, 0.2) is 0 Å². The molecule has 1 saturated carbocycles. The second kappa shape index (κ2) is 4.36. The highest BCUT2D eigenvalue weighted by Gasteiger charge is 2.56. The van der Waals surface area contributed by atoms with Crippen molar-refractivity contribution in [2.45, 2.75) is 38.9 Å². The van der Waals surface area contributed by atoms with Gasteiger partial charge < -0.3 is 5.32 Å². The van der Waals surface area contributed by atoms with Crippen LogP contribution in [0.5, 0.6) is 0 Å². The van der Waals surface area contributed by atoms with Crippen LogP contribution in [0.25, 0.3) is 0 Å². The number of likely N-dealkylation sites (tertiary alicyclic amines) is 1. The van der Waals surface area contributed by atoms with Crippen LogP contribution in [-0.4, -0.2) is 29.6 Å². The topological polar surface area (TPSA) is 15.3 Å². The van der Waals surface area contributed by atoms with Gasteiger partial charge in [0.25, 0.3) is 0 Å². The summed E-state index contributed by atoms with van der Waals surface area (Å²) in [6.07, 6.45) is 0. The van der Waals surface area contributed by atoms with E-state index in [2.05, 4.69) is 61.3 Å². The monoisotopic (exact) mass is 244 g/mol. The summed E-state index contributed by atoms with van der Waals surface area (Å²) < 4.78 is 0. The molecule has 3 rings (SSSR count). The number of benzene rings is 1. The van der Waals surface area contributed by atoms with E-state index in [1.165, 1.54) is 18.7 Å². The van der Waals surface area contributed by atoms with Crippen LogP contribution in [0.15, 0.2) is 30.3 Å². The standard InChI is InChI=1S/C16H24N2/c1-16(2,3)17-15-13-10-18(11-14(13)15)9-12-7-5-4-6-8-12/h4-8,13-15,17H,9-11H2,1-3H3/t13-,14+,15+. The van der Waals surface area contributed by atoms with Crippen LogP contribution in [0.2, 0.25) is 0 Å². The van der Waals surface area contributed by atoms with Crippen molar-refractivity contribution in [3.63, 3.8) is 0 Å². The molecule has 1 aliphatic heterocycles. The van der Waals surface area contributed by atoms with Crippen molar-refractivity contribution in [2.24, 2.45) is 11.8 Å². The van der Waals surface area contributed by atoms with Gasteiger partial charge in [0.05, 0.1) is 0 Å². The zero-order chi connectivity index (χ0) is 12.8. The van der Waals surface area contributed by atoms with Gasteiger partial charge in [-0.25, -0.2) is 0 Å². The minimum Gasteiger partial charge on any atom is -0.309 e. The molecule has 3 atom stereocenters. The first-order valence-corrected chi connectivity index (χ1v) is 7.07. The number of nitrogens with zero attached hydrogens (tertiary/aromatic N) is 1. The lowest BCUT2D eigenvalue weighted by Gasteiger charge is -2.25. The van der Waals surface area contributed by atoms with Crippen molar-refractivity contribution >= 4 is 0 Å². The summed E-state index contributed by atoms with van der Waals surface area (Å²) in [5.41, 5.74) is 1.71. The Morgan fingerprint density at radius 2 is 1.72 bits per heavy atom. The average molecular weight is 244 g/mol. The lowest BCUT2D eigenvalue weighted by Crippen LogP contribution is -2.41. The predicted molar refractivity (Wildman–Crippen MR) is 75.4 cm³/mol. The summed E-state index contributed by atoms with van der Waals surface area (Å²) in [5, 5.41) is 3.75. The van der Waals surface area contributed by atoms with E-state index >= 15 is 0 Å². The van der Waals surface area contributed by atoms with Gasteiger partial charge in [0.1, 0.15) is 0 Å². The van der Waals surface area contributed by atoms with E-state index in [-0.39, 0.29) is 5.54 Å². The fourth-order valence-electron chi connectivity index (χ4n) is 3.30. The second-order valence-electron chi connectivity index (χ2n) is 6.93. The van der Waals surface area contributed by atoms with Crippen LogP contribution in [0.3, 0.4) is 0 Å².